The van der Waals surface area contributed by atoms with Crippen molar-refractivity contribution in [3.05, 3.63) is 38.9 Å². The Morgan fingerprint density at radius 1 is 1.48 bits per heavy atom. The summed E-state index contributed by atoms with van der Waals surface area (Å²) in [6.07, 6.45) is 0. The standard InChI is InChI=1S/C12H11ClN2O5S/c13-7-1-2-9(15(19)20)8(5-7)11(16)14-3-4-21-6-10(14)12(17)18/h1-2,5,10H,3-4,6H2,(H,17,18). The zero-order chi connectivity index (χ0) is 15.6. The summed E-state index contributed by atoms with van der Waals surface area (Å²) in [5.41, 5.74) is -0.572. The molecule has 1 aromatic carbocycles. The summed E-state index contributed by atoms with van der Waals surface area (Å²) in [6, 6.07) is 2.67. The van der Waals surface area contributed by atoms with Crippen LogP contribution in [0.3, 0.4) is 0 Å². The molecule has 9 heteroatoms. The van der Waals surface area contributed by atoms with Gasteiger partial charge in [0.1, 0.15) is 11.6 Å². The molecule has 1 amide bonds. The molecule has 0 saturated carbocycles. The van der Waals surface area contributed by atoms with Crippen molar-refractivity contribution < 1.29 is 19.6 Å². The third kappa shape index (κ3) is 3.27. The molecule has 1 fully saturated rings. The molecule has 1 aliphatic rings. The Morgan fingerprint density at radius 3 is 2.81 bits per heavy atom. The van der Waals surface area contributed by atoms with Gasteiger partial charge < -0.3 is 10.0 Å². The largest absolute Gasteiger partial charge is 0.480 e. The number of rotatable bonds is 3. The fourth-order valence-electron chi connectivity index (χ4n) is 2.04. The van der Waals surface area contributed by atoms with Crippen LogP contribution in [0.5, 0.6) is 0 Å². The van der Waals surface area contributed by atoms with E-state index in [1.807, 2.05) is 0 Å². The molecule has 0 aliphatic carbocycles. The van der Waals surface area contributed by atoms with E-state index in [1.165, 1.54) is 23.9 Å². The second-order valence-electron chi connectivity index (χ2n) is 4.35. The van der Waals surface area contributed by atoms with Crippen LogP contribution in [0.1, 0.15) is 10.4 Å². The lowest BCUT2D eigenvalue weighted by atomic mass is 10.1. The van der Waals surface area contributed by atoms with E-state index in [-0.39, 0.29) is 28.6 Å². The molecular weight excluding hydrogens is 320 g/mol. The Bertz CT molecular complexity index is 609. The Hall–Kier alpha value is -1.80. The molecule has 1 heterocycles. The molecule has 112 valence electrons. The van der Waals surface area contributed by atoms with Crippen molar-refractivity contribution in [3.8, 4) is 0 Å². The minimum Gasteiger partial charge on any atom is -0.480 e. The molecule has 1 aromatic rings. The van der Waals surface area contributed by atoms with Gasteiger partial charge in [0.25, 0.3) is 11.6 Å². The smallest absolute Gasteiger partial charge is 0.327 e. The Labute approximate surface area is 129 Å². The molecule has 1 atom stereocenters. The SMILES string of the molecule is O=C(O)C1CSCCN1C(=O)c1cc(Cl)ccc1[N+](=O)[O-]. The fourth-order valence-corrected chi connectivity index (χ4v) is 3.26. The van der Waals surface area contributed by atoms with E-state index in [0.717, 1.165) is 11.0 Å². The van der Waals surface area contributed by atoms with E-state index in [0.29, 0.717) is 5.75 Å². The second kappa shape index (κ2) is 6.31. The zero-order valence-corrected chi connectivity index (χ0v) is 12.3. The molecule has 0 bridgehead atoms. The van der Waals surface area contributed by atoms with Gasteiger partial charge in [0, 0.05) is 29.1 Å². The van der Waals surface area contributed by atoms with Crippen LogP contribution >= 0.6 is 23.4 Å². The number of thioether (sulfide) groups is 1. The molecular formula is C12H11ClN2O5S. The number of hydrogen-bond donors (Lipinski definition) is 1. The number of carbonyl (C=O) groups is 2. The van der Waals surface area contributed by atoms with Crippen molar-refractivity contribution in [2.24, 2.45) is 0 Å². The molecule has 1 saturated heterocycles. The fraction of sp³-hybridized carbons (Fsp3) is 0.333. The first-order valence-electron chi connectivity index (χ1n) is 5.97. The minimum absolute atomic E-state index is 0.183. The van der Waals surface area contributed by atoms with E-state index >= 15 is 0 Å². The number of amides is 1. The minimum atomic E-state index is -1.12. The summed E-state index contributed by atoms with van der Waals surface area (Å²) >= 11 is 7.22. The number of carbonyl (C=O) groups excluding carboxylic acids is 1. The van der Waals surface area contributed by atoms with E-state index in [9.17, 15) is 24.8 Å². The van der Waals surface area contributed by atoms with Crippen LogP contribution in [-0.2, 0) is 4.79 Å². The number of halogens is 1. The summed E-state index contributed by atoms with van der Waals surface area (Å²) in [6.45, 7) is 0.226. The molecule has 0 spiro atoms. The second-order valence-corrected chi connectivity index (χ2v) is 5.93. The van der Waals surface area contributed by atoms with Crippen LogP contribution in [0, 0.1) is 10.1 Å². The molecule has 7 nitrogen and oxygen atoms in total. The molecule has 1 unspecified atom stereocenters. The predicted octanol–water partition coefficient (Wildman–Crippen LogP) is 1.89. The molecule has 0 aromatic heterocycles. The third-order valence-electron chi connectivity index (χ3n) is 3.06. The third-order valence-corrected chi connectivity index (χ3v) is 4.32. The van der Waals surface area contributed by atoms with Crippen LogP contribution in [0.25, 0.3) is 0 Å². The van der Waals surface area contributed by atoms with Gasteiger partial charge in [-0.1, -0.05) is 11.6 Å². The monoisotopic (exact) mass is 330 g/mol. The lowest BCUT2D eigenvalue weighted by Gasteiger charge is -2.32. The molecule has 1 N–H and O–H groups in total. The maximum absolute atomic E-state index is 12.5. The highest BCUT2D eigenvalue weighted by Gasteiger charge is 2.35. The first kappa shape index (κ1) is 15.6. The van der Waals surface area contributed by atoms with Gasteiger partial charge in [0.15, 0.2) is 0 Å². The topological polar surface area (TPSA) is 101 Å². The van der Waals surface area contributed by atoms with Crippen molar-refractivity contribution in [2.45, 2.75) is 6.04 Å². The van der Waals surface area contributed by atoms with Gasteiger partial charge in [-0.25, -0.2) is 4.79 Å². The molecule has 0 radical (unpaired) electrons. The quantitative estimate of drug-likeness (QED) is 0.671. The first-order valence-corrected chi connectivity index (χ1v) is 7.50. The molecule has 2 rings (SSSR count). The maximum atomic E-state index is 12.5. The number of nitro benzene ring substituents is 1. The lowest BCUT2D eigenvalue weighted by Crippen LogP contribution is -2.50. The van der Waals surface area contributed by atoms with Crippen LogP contribution in [0.2, 0.25) is 5.02 Å². The van der Waals surface area contributed by atoms with Gasteiger partial charge in [-0.2, -0.15) is 11.8 Å². The van der Waals surface area contributed by atoms with Crippen LogP contribution < -0.4 is 0 Å². The van der Waals surface area contributed by atoms with Crippen LogP contribution in [-0.4, -0.2) is 50.9 Å². The number of nitro groups is 1. The summed E-state index contributed by atoms with van der Waals surface area (Å²) < 4.78 is 0. The number of carboxylic acids is 1. The summed E-state index contributed by atoms with van der Waals surface area (Å²) in [5, 5.41) is 20.4. The highest BCUT2D eigenvalue weighted by molar-refractivity contribution is 7.99. The molecule has 21 heavy (non-hydrogen) atoms. The number of aliphatic carboxylic acids is 1. The van der Waals surface area contributed by atoms with Gasteiger partial charge in [0.05, 0.1) is 4.92 Å². The van der Waals surface area contributed by atoms with Crippen molar-refractivity contribution in [2.75, 3.05) is 18.1 Å². The highest BCUT2D eigenvalue weighted by Crippen LogP contribution is 2.27. The molecule has 1 aliphatic heterocycles. The van der Waals surface area contributed by atoms with Gasteiger partial charge >= 0.3 is 5.97 Å². The normalized spacial score (nSPS) is 18.3. The number of benzene rings is 1. The number of nitrogens with zero attached hydrogens (tertiary/aromatic N) is 2. The van der Waals surface area contributed by atoms with E-state index in [2.05, 4.69) is 0 Å². The summed E-state index contributed by atoms with van der Waals surface area (Å²) in [5.74, 6) is -0.962. The zero-order valence-electron chi connectivity index (χ0n) is 10.7. The average Bonchev–Trinajstić information content (AvgIpc) is 2.46. The maximum Gasteiger partial charge on any atom is 0.327 e. The van der Waals surface area contributed by atoms with E-state index in [4.69, 9.17) is 11.6 Å². The van der Waals surface area contributed by atoms with E-state index in [1.54, 1.807) is 0 Å². The van der Waals surface area contributed by atoms with Crippen molar-refractivity contribution in [1.82, 2.24) is 4.90 Å². The van der Waals surface area contributed by atoms with Gasteiger partial charge in [-0.15, -0.1) is 0 Å². The first-order chi connectivity index (χ1) is 9.91. The van der Waals surface area contributed by atoms with Gasteiger partial charge in [0.2, 0.25) is 0 Å². The Morgan fingerprint density at radius 2 is 2.19 bits per heavy atom. The van der Waals surface area contributed by atoms with Crippen LogP contribution in [0.4, 0.5) is 5.69 Å². The summed E-state index contributed by atoms with van der Waals surface area (Å²) in [7, 11) is 0. The van der Waals surface area contributed by atoms with Crippen LogP contribution in [0.15, 0.2) is 18.2 Å². The average molecular weight is 331 g/mol. The Kier molecular flexibility index (Phi) is 4.69. The van der Waals surface area contributed by atoms with E-state index < -0.39 is 22.8 Å². The van der Waals surface area contributed by atoms with Gasteiger partial charge in [-0.05, 0) is 12.1 Å². The van der Waals surface area contributed by atoms with Gasteiger partial charge in [-0.3, -0.25) is 14.9 Å². The van der Waals surface area contributed by atoms with Crippen molar-refractivity contribution in [1.29, 1.82) is 0 Å². The Balaban J connectivity index is 2.40. The predicted molar refractivity (Wildman–Crippen MR) is 77.9 cm³/mol. The number of hydrogen-bond acceptors (Lipinski definition) is 5. The highest BCUT2D eigenvalue weighted by atomic mass is 35.5. The van der Waals surface area contributed by atoms with Crippen molar-refractivity contribution >= 4 is 40.9 Å². The van der Waals surface area contributed by atoms with Crippen molar-refractivity contribution in [3.63, 3.8) is 0 Å². The lowest BCUT2D eigenvalue weighted by molar-refractivity contribution is -0.385. The summed E-state index contributed by atoms with van der Waals surface area (Å²) in [4.78, 5) is 35.2. The number of carboxylic acid groups (broad SMARTS) is 1.